The van der Waals surface area contributed by atoms with Crippen molar-refractivity contribution in [2.24, 2.45) is 0 Å². The van der Waals surface area contributed by atoms with Crippen LogP contribution in [0.2, 0.25) is 0 Å². The van der Waals surface area contributed by atoms with Crippen LogP contribution in [-0.2, 0) is 16.0 Å². The van der Waals surface area contributed by atoms with E-state index in [1.54, 1.807) is 0 Å². The highest BCUT2D eigenvalue weighted by Gasteiger charge is 2.21. The van der Waals surface area contributed by atoms with Crippen molar-refractivity contribution in [2.45, 2.75) is 58.8 Å². The molecule has 32 heavy (non-hydrogen) atoms. The summed E-state index contributed by atoms with van der Waals surface area (Å²) in [6.07, 6.45) is 6.82. The number of hydrogen-bond donors (Lipinski definition) is 1. The topological polar surface area (TPSA) is 52.7 Å². The lowest BCUT2D eigenvalue weighted by molar-refractivity contribution is -0.130. The van der Waals surface area contributed by atoms with Crippen LogP contribution in [0.4, 0.5) is 11.4 Å². The molecule has 1 heterocycles. The SMILES string of the molecule is CCCCCCCC(=O)Nc1ccc(N2CCN(C(=O)Cc3ccccc3C)CC2)cc1. The molecule has 1 N–H and O–H groups in total. The first-order valence-electron chi connectivity index (χ1n) is 12.0. The maximum Gasteiger partial charge on any atom is 0.227 e. The first-order chi connectivity index (χ1) is 15.6. The van der Waals surface area contributed by atoms with Crippen molar-refractivity contribution in [3.63, 3.8) is 0 Å². The molecule has 1 aliphatic rings. The lowest BCUT2D eigenvalue weighted by atomic mass is 10.1. The maximum atomic E-state index is 12.7. The van der Waals surface area contributed by atoms with E-state index in [0.717, 1.165) is 56.0 Å². The third-order valence-corrected chi connectivity index (χ3v) is 6.26. The second kappa shape index (κ2) is 12.3. The fourth-order valence-electron chi connectivity index (χ4n) is 4.17. The van der Waals surface area contributed by atoms with Gasteiger partial charge >= 0.3 is 0 Å². The van der Waals surface area contributed by atoms with Crippen molar-refractivity contribution in [3.05, 3.63) is 59.7 Å². The smallest absolute Gasteiger partial charge is 0.227 e. The van der Waals surface area contributed by atoms with Gasteiger partial charge in [-0.3, -0.25) is 9.59 Å². The Balaban J connectivity index is 1.42. The normalized spacial score (nSPS) is 13.8. The Morgan fingerprint density at radius 1 is 0.875 bits per heavy atom. The van der Waals surface area contributed by atoms with Crippen LogP contribution in [0.5, 0.6) is 0 Å². The maximum absolute atomic E-state index is 12.7. The van der Waals surface area contributed by atoms with E-state index in [1.165, 1.54) is 24.8 Å². The second-order valence-corrected chi connectivity index (χ2v) is 8.73. The molecule has 2 amide bonds. The van der Waals surface area contributed by atoms with Crippen molar-refractivity contribution >= 4 is 23.2 Å². The fourth-order valence-corrected chi connectivity index (χ4v) is 4.17. The molecule has 1 saturated heterocycles. The summed E-state index contributed by atoms with van der Waals surface area (Å²) >= 11 is 0. The summed E-state index contributed by atoms with van der Waals surface area (Å²) in [6, 6.07) is 16.2. The average molecular weight is 436 g/mol. The first-order valence-corrected chi connectivity index (χ1v) is 12.0. The predicted octanol–water partition coefficient (Wildman–Crippen LogP) is 5.19. The summed E-state index contributed by atoms with van der Waals surface area (Å²) in [5.74, 6) is 0.293. The minimum Gasteiger partial charge on any atom is -0.368 e. The number of benzene rings is 2. The Morgan fingerprint density at radius 3 is 2.25 bits per heavy atom. The number of anilines is 2. The molecule has 2 aromatic carbocycles. The summed E-state index contributed by atoms with van der Waals surface area (Å²) in [4.78, 5) is 29.1. The van der Waals surface area contributed by atoms with Gasteiger partial charge in [0, 0.05) is 44.0 Å². The molecular weight excluding hydrogens is 398 g/mol. The predicted molar refractivity (Wildman–Crippen MR) is 132 cm³/mol. The summed E-state index contributed by atoms with van der Waals surface area (Å²) in [7, 11) is 0. The van der Waals surface area contributed by atoms with Crippen LogP contribution in [0, 0.1) is 6.92 Å². The zero-order valence-electron chi connectivity index (χ0n) is 19.6. The highest BCUT2D eigenvalue weighted by Crippen LogP contribution is 2.20. The minimum absolute atomic E-state index is 0.0926. The lowest BCUT2D eigenvalue weighted by Crippen LogP contribution is -2.49. The van der Waals surface area contributed by atoms with E-state index in [0.29, 0.717) is 12.8 Å². The van der Waals surface area contributed by atoms with Crippen LogP contribution >= 0.6 is 0 Å². The van der Waals surface area contributed by atoms with Gasteiger partial charge in [-0.1, -0.05) is 56.9 Å². The van der Waals surface area contributed by atoms with Crippen molar-refractivity contribution in [3.8, 4) is 0 Å². The Kier molecular flexibility index (Phi) is 9.14. The second-order valence-electron chi connectivity index (χ2n) is 8.73. The molecule has 172 valence electrons. The van der Waals surface area contributed by atoms with Gasteiger partial charge in [0.25, 0.3) is 0 Å². The summed E-state index contributed by atoms with van der Waals surface area (Å²) in [5, 5.41) is 3.00. The molecule has 0 unspecified atom stereocenters. The number of carbonyl (C=O) groups is 2. The molecule has 0 aromatic heterocycles. The number of hydrogen-bond acceptors (Lipinski definition) is 3. The zero-order valence-corrected chi connectivity index (χ0v) is 19.6. The van der Waals surface area contributed by atoms with Crippen LogP contribution in [0.1, 0.15) is 56.6 Å². The van der Waals surface area contributed by atoms with Gasteiger partial charge in [-0.05, 0) is 48.7 Å². The molecule has 5 heteroatoms. The molecule has 0 spiro atoms. The molecule has 5 nitrogen and oxygen atoms in total. The van der Waals surface area contributed by atoms with Crippen LogP contribution < -0.4 is 10.2 Å². The van der Waals surface area contributed by atoms with Crippen LogP contribution in [0.3, 0.4) is 0 Å². The van der Waals surface area contributed by atoms with Crippen molar-refractivity contribution in [2.75, 3.05) is 36.4 Å². The highest BCUT2D eigenvalue weighted by atomic mass is 16.2. The number of nitrogens with zero attached hydrogens (tertiary/aromatic N) is 2. The molecule has 0 saturated carbocycles. The molecule has 0 aliphatic carbocycles. The van der Waals surface area contributed by atoms with Gasteiger partial charge in [0.15, 0.2) is 0 Å². The monoisotopic (exact) mass is 435 g/mol. The molecule has 0 radical (unpaired) electrons. The molecule has 0 bridgehead atoms. The zero-order chi connectivity index (χ0) is 22.8. The standard InChI is InChI=1S/C27H37N3O2/c1-3-4-5-6-7-12-26(31)28-24-13-15-25(16-14-24)29-17-19-30(20-18-29)27(32)21-23-11-9-8-10-22(23)2/h8-11,13-16H,3-7,12,17-21H2,1-2H3,(H,28,31). The number of piperazine rings is 1. The van der Waals surface area contributed by atoms with Gasteiger partial charge in [-0.15, -0.1) is 0 Å². The number of nitrogens with one attached hydrogen (secondary N) is 1. The van der Waals surface area contributed by atoms with Gasteiger partial charge in [0.1, 0.15) is 0 Å². The van der Waals surface area contributed by atoms with Crippen LogP contribution in [0.15, 0.2) is 48.5 Å². The third kappa shape index (κ3) is 7.11. The van der Waals surface area contributed by atoms with Gasteiger partial charge in [-0.25, -0.2) is 0 Å². The van der Waals surface area contributed by atoms with E-state index < -0.39 is 0 Å². The molecule has 1 fully saturated rings. The Labute approximate surface area is 192 Å². The quantitative estimate of drug-likeness (QED) is 0.523. The summed E-state index contributed by atoms with van der Waals surface area (Å²) < 4.78 is 0. The lowest BCUT2D eigenvalue weighted by Gasteiger charge is -2.36. The number of amides is 2. The van der Waals surface area contributed by atoms with E-state index in [4.69, 9.17) is 0 Å². The van der Waals surface area contributed by atoms with Gasteiger partial charge in [0.05, 0.1) is 6.42 Å². The number of carbonyl (C=O) groups excluding carboxylic acids is 2. The Bertz CT molecular complexity index is 871. The van der Waals surface area contributed by atoms with Crippen molar-refractivity contribution in [1.82, 2.24) is 4.90 Å². The largest absolute Gasteiger partial charge is 0.368 e. The Morgan fingerprint density at radius 2 is 1.56 bits per heavy atom. The first kappa shape index (κ1) is 23.8. The average Bonchev–Trinajstić information content (AvgIpc) is 2.81. The van der Waals surface area contributed by atoms with Crippen LogP contribution in [0.25, 0.3) is 0 Å². The molecular formula is C27H37N3O2. The van der Waals surface area contributed by atoms with Crippen LogP contribution in [-0.4, -0.2) is 42.9 Å². The van der Waals surface area contributed by atoms with Crippen molar-refractivity contribution in [1.29, 1.82) is 0 Å². The van der Waals surface area contributed by atoms with E-state index in [9.17, 15) is 9.59 Å². The molecule has 3 rings (SSSR count). The molecule has 1 aliphatic heterocycles. The van der Waals surface area contributed by atoms with E-state index in [1.807, 2.05) is 35.2 Å². The van der Waals surface area contributed by atoms with Crippen molar-refractivity contribution < 1.29 is 9.59 Å². The summed E-state index contributed by atoms with van der Waals surface area (Å²) in [6.45, 7) is 7.37. The van der Waals surface area contributed by atoms with E-state index in [-0.39, 0.29) is 11.8 Å². The van der Waals surface area contributed by atoms with E-state index >= 15 is 0 Å². The number of rotatable bonds is 10. The van der Waals surface area contributed by atoms with Gasteiger partial charge in [0.2, 0.25) is 11.8 Å². The highest BCUT2D eigenvalue weighted by molar-refractivity contribution is 5.90. The molecule has 0 atom stereocenters. The Hall–Kier alpha value is -2.82. The summed E-state index contributed by atoms with van der Waals surface area (Å²) in [5.41, 5.74) is 4.26. The van der Waals surface area contributed by atoms with Gasteiger partial charge < -0.3 is 15.1 Å². The van der Waals surface area contributed by atoms with Gasteiger partial charge in [-0.2, -0.15) is 0 Å². The fraction of sp³-hybridized carbons (Fsp3) is 0.481. The number of unbranched alkanes of at least 4 members (excludes halogenated alkanes) is 4. The number of aryl methyl sites for hydroxylation is 1. The van der Waals surface area contributed by atoms with E-state index in [2.05, 4.69) is 42.3 Å². The minimum atomic E-state index is 0.0926. The molecule has 2 aromatic rings. The third-order valence-electron chi connectivity index (χ3n) is 6.26.